The molecule has 1 heterocycles. The van der Waals surface area contributed by atoms with Gasteiger partial charge in [-0.2, -0.15) is 0 Å². The number of hydrogen-bond acceptors (Lipinski definition) is 2. The van der Waals surface area contributed by atoms with E-state index < -0.39 is 0 Å². The molecule has 2 aromatic carbocycles. The number of hydrogen-bond donors (Lipinski definition) is 2. The van der Waals surface area contributed by atoms with Crippen LogP contribution in [0.15, 0.2) is 54.7 Å². The van der Waals surface area contributed by atoms with Crippen LogP contribution >= 0.6 is 0 Å². The Labute approximate surface area is 129 Å². The molecule has 0 radical (unpaired) electrons. The first-order valence-electron chi connectivity index (χ1n) is 7.37. The fourth-order valence-corrected chi connectivity index (χ4v) is 2.34. The maximum absolute atomic E-state index is 13.0. The normalized spacial score (nSPS) is 10.8. The molecule has 0 saturated carbocycles. The van der Waals surface area contributed by atoms with Crippen molar-refractivity contribution in [3.8, 4) is 22.6 Å². The van der Waals surface area contributed by atoms with Gasteiger partial charge in [0.1, 0.15) is 11.6 Å². The summed E-state index contributed by atoms with van der Waals surface area (Å²) in [6, 6.07) is 14.7. The number of imidazole rings is 1. The van der Waals surface area contributed by atoms with E-state index in [0.717, 1.165) is 35.7 Å². The molecule has 3 aromatic rings. The molecule has 0 aliphatic heterocycles. The van der Waals surface area contributed by atoms with E-state index in [9.17, 15) is 4.39 Å². The van der Waals surface area contributed by atoms with Crippen molar-refractivity contribution in [2.24, 2.45) is 0 Å². The van der Waals surface area contributed by atoms with Gasteiger partial charge in [0.25, 0.3) is 0 Å². The van der Waals surface area contributed by atoms with Crippen molar-refractivity contribution in [1.29, 1.82) is 0 Å². The van der Waals surface area contributed by atoms with Crippen LogP contribution in [0, 0.1) is 5.82 Å². The van der Waals surface area contributed by atoms with Crippen molar-refractivity contribution in [2.75, 3.05) is 6.54 Å². The van der Waals surface area contributed by atoms with Crippen molar-refractivity contribution < 1.29 is 4.39 Å². The Morgan fingerprint density at radius 3 is 2.68 bits per heavy atom. The minimum absolute atomic E-state index is 0.244. The Morgan fingerprint density at radius 2 is 1.91 bits per heavy atom. The van der Waals surface area contributed by atoms with Gasteiger partial charge in [-0.1, -0.05) is 25.1 Å². The third-order valence-electron chi connectivity index (χ3n) is 3.51. The molecule has 0 saturated heterocycles. The van der Waals surface area contributed by atoms with Crippen molar-refractivity contribution in [3.05, 3.63) is 66.1 Å². The Hall–Kier alpha value is -2.46. The van der Waals surface area contributed by atoms with Crippen molar-refractivity contribution in [2.45, 2.75) is 13.5 Å². The van der Waals surface area contributed by atoms with Gasteiger partial charge < -0.3 is 10.3 Å². The van der Waals surface area contributed by atoms with Gasteiger partial charge in [-0.25, -0.2) is 9.37 Å². The van der Waals surface area contributed by atoms with Crippen LogP contribution in [0.25, 0.3) is 22.6 Å². The lowest BCUT2D eigenvalue weighted by Crippen LogP contribution is -2.11. The molecule has 0 aliphatic rings. The third-order valence-corrected chi connectivity index (χ3v) is 3.51. The Balaban J connectivity index is 1.85. The Kier molecular flexibility index (Phi) is 4.30. The SMILES string of the molecule is CCNCc1cccc(-c2cnc(-c3ccc(F)cc3)[nH]2)c1. The second-order valence-corrected chi connectivity index (χ2v) is 5.13. The predicted octanol–water partition coefficient (Wildman–Crippen LogP) is 3.99. The van der Waals surface area contributed by atoms with Crippen molar-refractivity contribution in [3.63, 3.8) is 0 Å². The molecule has 0 unspecified atom stereocenters. The third kappa shape index (κ3) is 3.23. The first-order chi connectivity index (χ1) is 10.8. The van der Waals surface area contributed by atoms with E-state index in [4.69, 9.17) is 0 Å². The molecular weight excluding hydrogens is 277 g/mol. The van der Waals surface area contributed by atoms with Gasteiger partial charge in [-0.05, 0) is 48.0 Å². The molecule has 0 bridgehead atoms. The van der Waals surface area contributed by atoms with Crippen LogP contribution in [0.2, 0.25) is 0 Å². The quantitative estimate of drug-likeness (QED) is 0.747. The van der Waals surface area contributed by atoms with Gasteiger partial charge in [-0.15, -0.1) is 0 Å². The highest BCUT2D eigenvalue weighted by molar-refractivity contribution is 5.64. The average molecular weight is 295 g/mol. The zero-order valence-corrected chi connectivity index (χ0v) is 12.4. The zero-order chi connectivity index (χ0) is 15.4. The molecule has 112 valence electrons. The van der Waals surface area contributed by atoms with Crippen LogP contribution in [0.1, 0.15) is 12.5 Å². The van der Waals surface area contributed by atoms with Gasteiger partial charge in [0, 0.05) is 12.1 Å². The molecule has 0 fully saturated rings. The van der Waals surface area contributed by atoms with Gasteiger partial charge in [0.15, 0.2) is 0 Å². The Bertz CT molecular complexity index is 747. The molecule has 0 aliphatic carbocycles. The summed E-state index contributed by atoms with van der Waals surface area (Å²) in [4.78, 5) is 7.69. The molecule has 22 heavy (non-hydrogen) atoms. The summed E-state index contributed by atoms with van der Waals surface area (Å²) in [5, 5.41) is 3.32. The standard InChI is InChI=1S/C18H18FN3/c1-2-20-11-13-4-3-5-15(10-13)17-12-21-18(22-17)14-6-8-16(19)9-7-14/h3-10,12,20H,2,11H2,1H3,(H,21,22). The first kappa shape index (κ1) is 14.5. The monoisotopic (exact) mass is 295 g/mol. The molecule has 0 atom stereocenters. The number of nitrogens with one attached hydrogen (secondary N) is 2. The highest BCUT2D eigenvalue weighted by Crippen LogP contribution is 2.23. The number of halogens is 1. The van der Waals surface area contributed by atoms with Crippen LogP contribution in [-0.2, 0) is 6.54 Å². The highest BCUT2D eigenvalue weighted by Gasteiger charge is 2.06. The number of H-pyrrole nitrogens is 1. The summed E-state index contributed by atoms with van der Waals surface area (Å²) >= 11 is 0. The summed E-state index contributed by atoms with van der Waals surface area (Å²) in [7, 11) is 0. The summed E-state index contributed by atoms with van der Waals surface area (Å²) < 4.78 is 13.0. The minimum atomic E-state index is -0.244. The first-order valence-corrected chi connectivity index (χ1v) is 7.37. The van der Waals surface area contributed by atoms with Crippen molar-refractivity contribution >= 4 is 0 Å². The molecule has 0 amide bonds. The fraction of sp³-hybridized carbons (Fsp3) is 0.167. The van der Waals surface area contributed by atoms with Crippen LogP contribution in [-0.4, -0.2) is 16.5 Å². The van der Waals surface area contributed by atoms with E-state index in [-0.39, 0.29) is 5.82 Å². The molecule has 1 aromatic heterocycles. The number of aromatic amines is 1. The summed E-state index contributed by atoms with van der Waals surface area (Å²) in [6.07, 6.45) is 1.81. The maximum atomic E-state index is 13.0. The van der Waals surface area contributed by atoms with Gasteiger partial charge in [0.05, 0.1) is 11.9 Å². The molecule has 0 spiro atoms. The number of rotatable bonds is 5. The molecule has 3 rings (SSSR count). The lowest BCUT2D eigenvalue weighted by molar-refractivity contribution is 0.628. The van der Waals surface area contributed by atoms with Gasteiger partial charge in [-0.3, -0.25) is 0 Å². The largest absolute Gasteiger partial charge is 0.338 e. The smallest absolute Gasteiger partial charge is 0.137 e. The van der Waals surface area contributed by atoms with Crippen LogP contribution in [0.5, 0.6) is 0 Å². The average Bonchev–Trinajstić information content (AvgIpc) is 3.04. The van der Waals surface area contributed by atoms with E-state index >= 15 is 0 Å². The van der Waals surface area contributed by atoms with E-state index in [2.05, 4.69) is 40.4 Å². The molecule has 3 nitrogen and oxygen atoms in total. The predicted molar refractivity (Wildman–Crippen MR) is 86.8 cm³/mol. The number of nitrogens with zero attached hydrogens (tertiary/aromatic N) is 1. The van der Waals surface area contributed by atoms with Crippen LogP contribution < -0.4 is 5.32 Å². The number of aromatic nitrogens is 2. The van der Waals surface area contributed by atoms with Crippen molar-refractivity contribution in [1.82, 2.24) is 15.3 Å². The topological polar surface area (TPSA) is 40.7 Å². The Morgan fingerprint density at radius 1 is 1.09 bits per heavy atom. The second-order valence-electron chi connectivity index (χ2n) is 5.13. The number of benzene rings is 2. The summed E-state index contributed by atoms with van der Waals surface area (Å²) in [5.41, 5.74) is 4.16. The molecular formula is C18H18FN3. The summed E-state index contributed by atoms with van der Waals surface area (Å²) in [6.45, 7) is 3.89. The van der Waals surface area contributed by atoms with E-state index in [1.54, 1.807) is 12.1 Å². The zero-order valence-electron chi connectivity index (χ0n) is 12.4. The van der Waals surface area contributed by atoms with Gasteiger partial charge in [0.2, 0.25) is 0 Å². The lowest BCUT2D eigenvalue weighted by atomic mass is 10.1. The highest BCUT2D eigenvalue weighted by atomic mass is 19.1. The van der Waals surface area contributed by atoms with Crippen LogP contribution in [0.3, 0.4) is 0 Å². The fourth-order valence-electron chi connectivity index (χ4n) is 2.34. The lowest BCUT2D eigenvalue weighted by Gasteiger charge is -2.04. The van der Waals surface area contributed by atoms with Crippen LogP contribution in [0.4, 0.5) is 4.39 Å². The second kappa shape index (κ2) is 6.54. The van der Waals surface area contributed by atoms with E-state index in [0.29, 0.717) is 0 Å². The maximum Gasteiger partial charge on any atom is 0.137 e. The molecule has 4 heteroatoms. The van der Waals surface area contributed by atoms with Gasteiger partial charge >= 0.3 is 0 Å². The minimum Gasteiger partial charge on any atom is -0.338 e. The van der Waals surface area contributed by atoms with E-state index in [1.807, 2.05) is 12.3 Å². The molecule has 2 N–H and O–H groups in total. The van der Waals surface area contributed by atoms with E-state index in [1.165, 1.54) is 17.7 Å². The summed E-state index contributed by atoms with van der Waals surface area (Å²) in [5.74, 6) is 0.499.